The second kappa shape index (κ2) is 29.5. The summed E-state index contributed by atoms with van der Waals surface area (Å²) < 4.78 is 21.0. The maximum atomic E-state index is 14.1. The lowest BCUT2D eigenvalue weighted by Gasteiger charge is -2.34. The number of hydrogen-bond donors (Lipinski definition) is 2. The van der Waals surface area contributed by atoms with Crippen LogP contribution in [0.15, 0.2) is 135 Å². The number of alkyl carbamates (subject to hydrolysis) is 2. The molecular weight excluding hydrogens is 1120 g/mol. The number of esters is 2. The summed E-state index contributed by atoms with van der Waals surface area (Å²) in [6.45, 7) is 19.5. The van der Waals surface area contributed by atoms with E-state index in [1.54, 1.807) is 15.7 Å². The van der Waals surface area contributed by atoms with Crippen LogP contribution in [0.3, 0.4) is 0 Å². The topological polar surface area (TPSA) is 231 Å². The summed E-state index contributed by atoms with van der Waals surface area (Å²) in [5.41, 5.74) is 7.02. The lowest BCUT2D eigenvalue weighted by Crippen LogP contribution is -2.57. The van der Waals surface area contributed by atoms with Crippen LogP contribution in [0, 0.1) is 10.8 Å². The van der Waals surface area contributed by atoms with Gasteiger partial charge in [0.2, 0.25) is 11.8 Å². The average Bonchev–Trinajstić information content (AvgIpc) is 2.34. The molecule has 5 heterocycles. The molecule has 20 heteroatoms. The first-order chi connectivity index (χ1) is 42.2. The Morgan fingerprint density at radius 2 is 1.26 bits per heavy atom. The number of nitrogens with one attached hydrogen (secondary N) is 2. The number of benzene rings is 4. The number of likely N-dealkylation sites (tertiary alicyclic amines) is 1. The zero-order valence-corrected chi connectivity index (χ0v) is 51.7. The summed E-state index contributed by atoms with van der Waals surface area (Å²) in [4.78, 5) is 85.8. The van der Waals surface area contributed by atoms with Gasteiger partial charge < -0.3 is 39.4 Å². The molecule has 6 atom stereocenters. The molecule has 88 heavy (non-hydrogen) atoms. The van der Waals surface area contributed by atoms with E-state index in [1.165, 1.54) is 24.0 Å². The number of allylic oxidation sites excluding steroid dienone is 2. The summed E-state index contributed by atoms with van der Waals surface area (Å²) in [6.07, 6.45) is 11.7. The monoisotopic (exact) mass is 1200 g/mol. The van der Waals surface area contributed by atoms with Crippen LogP contribution in [0.4, 0.5) is 9.59 Å². The van der Waals surface area contributed by atoms with Crippen molar-refractivity contribution in [3.05, 3.63) is 146 Å². The zero-order valence-electron chi connectivity index (χ0n) is 51.7. The minimum Gasteiger partial charge on any atom is -0.467 e. The molecule has 0 aliphatic carbocycles. The molecule has 0 spiro atoms. The quantitative estimate of drug-likeness (QED) is 0.0447. The van der Waals surface area contributed by atoms with Gasteiger partial charge in [-0.05, 0) is 72.6 Å². The Morgan fingerprint density at radius 1 is 0.705 bits per heavy atom. The van der Waals surface area contributed by atoms with Crippen molar-refractivity contribution in [2.75, 3.05) is 40.5 Å². The van der Waals surface area contributed by atoms with Gasteiger partial charge >= 0.3 is 24.1 Å². The lowest BCUT2D eigenvalue weighted by atomic mass is 9.85. The molecule has 0 unspecified atom stereocenters. The van der Waals surface area contributed by atoms with E-state index in [9.17, 15) is 28.8 Å². The zero-order chi connectivity index (χ0) is 63.1. The molecule has 6 aromatic rings. The molecule has 0 saturated carbocycles. The highest BCUT2D eigenvalue weighted by molar-refractivity contribution is 5.92. The summed E-state index contributed by atoms with van der Waals surface area (Å²) in [6, 6.07) is 31.1. The minimum atomic E-state index is -0.952. The Hall–Kier alpha value is -9.20. The number of ether oxygens (including phenoxy) is 4. The molecule has 20 nitrogen and oxygen atoms in total. The molecule has 2 fully saturated rings. The molecule has 2 N–H and O–H groups in total. The highest BCUT2D eigenvalue weighted by Gasteiger charge is 2.49. The van der Waals surface area contributed by atoms with Gasteiger partial charge in [-0.1, -0.05) is 169 Å². The number of aromatic nitrogens is 6. The first-order valence-electron chi connectivity index (χ1n) is 30.0. The Bertz CT molecular complexity index is 3460. The number of cyclic esters (lactones) is 1. The SMILES string of the molecule is C=CCCCCOC(=O)N[C@H](C(=O)N1C[C@H](n2nc(-c3ccccc3)c(-c3cccc(C=C)c3)n2)C[C@H]1C(=O)OC)C(C)(C)C.COC(=O)[C@@H]1C[C@@H]2CN1C(=O)[C@H](C(C)(C)C)NC(=O)OCCCC/C=C/c1cccc(c1)-c1nn2nc1-c1ccccc1. The minimum absolute atomic E-state index is 0.151. The van der Waals surface area contributed by atoms with Crippen molar-refractivity contribution in [3.8, 4) is 45.0 Å². The first kappa shape index (κ1) is 64.8. The molecule has 3 aliphatic heterocycles. The van der Waals surface area contributed by atoms with E-state index in [0.717, 1.165) is 59.1 Å². The Balaban J connectivity index is 0.000000228. The third kappa shape index (κ3) is 16.1. The van der Waals surface area contributed by atoms with E-state index in [0.29, 0.717) is 35.6 Å². The maximum absolute atomic E-state index is 14.1. The summed E-state index contributed by atoms with van der Waals surface area (Å²) in [5, 5.41) is 25.2. The highest BCUT2D eigenvalue weighted by Crippen LogP contribution is 2.38. The van der Waals surface area contributed by atoms with Crippen LogP contribution < -0.4 is 10.6 Å². The smallest absolute Gasteiger partial charge is 0.407 e. The van der Waals surface area contributed by atoms with Crippen molar-refractivity contribution in [1.82, 2.24) is 50.4 Å². The van der Waals surface area contributed by atoms with Crippen molar-refractivity contribution < 1.29 is 47.7 Å². The Morgan fingerprint density at radius 3 is 1.84 bits per heavy atom. The fourth-order valence-electron chi connectivity index (χ4n) is 11.0. The molecule has 0 radical (unpaired) electrons. The summed E-state index contributed by atoms with van der Waals surface area (Å²) >= 11 is 0. The number of methoxy groups -OCH3 is 2. The molecule has 3 aliphatic rings. The van der Waals surface area contributed by atoms with E-state index in [-0.39, 0.29) is 45.1 Å². The lowest BCUT2D eigenvalue weighted by molar-refractivity contribution is -0.152. The van der Waals surface area contributed by atoms with Gasteiger partial charge in [0.15, 0.2) is 0 Å². The maximum Gasteiger partial charge on any atom is 0.407 e. The molecule has 6 bridgehead atoms. The number of carbonyl (C=O) groups is 6. The van der Waals surface area contributed by atoms with E-state index < -0.39 is 77.1 Å². The third-order valence-electron chi connectivity index (χ3n) is 15.7. The van der Waals surface area contributed by atoms with E-state index in [1.807, 2.05) is 151 Å². The van der Waals surface area contributed by atoms with Crippen LogP contribution in [0.1, 0.15) is 116 Å². The van der Waals surface area contributed by atoms with Gasteiger partial charge in [-0.3, -0.25) is 9.59 Å². The Labute approximate surface area is 515 Å². The average molecular weight is 1200 g/mol. The molecule has 4 aromatic carbocycles. The number of unbranched alkanes of at least 4 members (excludes halogenated alkanes) is 2. The van der Waals surface area contributed by atoms with Gasteiger partial charge in [0.1, 0.15) is 46.9 Å². The fraction of sp³-hybridized carbons (Fsp3) is 0.412. The van der Waals surface area contributed by atoms with E-state index in [4.69, 9.17) is 39.3 Å². The van der Waals surface area contributed by atoms with Gasteiger partial charge in [0.25, 0.3) is 0 Å². The summed E-state index contributed by atoms with van der Waals surface area (Å²) in [7, 11) is 2.60. The third-order valence-corrected chi connectivity index (χ3v) is 15.7. The largest absolute Gasteiger partial charge is 0.467 e. The number of carbonyl (C=O) groups excluding carboxylic acids is 6. The van der Waals surface area contributed by atoms with Gasteiger partial charge in [-0.2, -0.15) is 30.0 Å². The molecule has 4 amide bonds. The number of nitrogens with zero attached hydrogens (tertiary/aromatic N) is 8. The van der Waals surface area contributed by atoms with Crippen molar-refractivity contribution in [3.63, 3.8) is 0 Å². The second-order valence-corrected chi connectivity index (χ2v) is 24.3. The predicted octanol–water partition coefficient (Wildman–Crippen LogP) is 11.3. The van der Waals surface area contributed by atoms with E-state index in [2.05, 4.69) is 42.0 Å². The van der Waals surface area contributed by atoms with Gasteiger partial charge in [-0.15, -0.1) is 6.58 Å². The second-order valence-electron chi connectivity index (χ2n) is 24.3. The Kier molecular flexibility index (Phi) is 21.7. The standard InChI is InChI=1S/C35H43N5O5.C33H39N5O5/c1-7-9-10-14-20-45-34(43)36-31(35(3,4)5)32(41)39-23-27(22-28(39)33(42)44-6)40-37-29(25-17-12-11-13-18-25)30(38-40)26-19-15-16-24(8-2)21-26;1-33(2,3)29-30(39)37-21-25(20-26(37)31(40)42-4)38-35-27(23-15-9-7-10-16-23)28(36-38)24-17-12-14-22(19-24)13-8-5-6-11-18-43-32(41)34-29/h7-8,11-13,15-19,21,27-28,31H,1-2,9-10,14,20,22-23H2,3-6H3,(H,36,43);7-10,12-17,19,25-26,29H,5-6,11,18,20-21H2,1-4H3,(H,34,41)/b;13-8+/t27-,28+,31-;25-,26+,29-/m11/s1. The normalized spacial score (nSPS) is 19.6. The van der Waals surface area contributed by atoms with Crippen molar-refractivity contribution >= 4 is 48.1 Å². The number of rotatable bonds is 14. The van der Waals surface area contributed by atoms with Crippen LogP contribution in [-0.4, -0.2) is 140 Å². The molecular formula is C68H82N10O10. The molecule has 464 valence electrons. The van der Waals surface area contributed by atoms with Gasteiger partial charge in [0.05, 0.1) is 39.5 Å². The van der Waals surface area contributed by atoms with Gasteiger partial charge in [0, 0.05) is 48.2 Å². The number of fused-ring (bicyclic) bond motifs is 8. The fourth-order valence-corrected chi connectivity index (χ4v) is 11.0. The van der Waals surface area contributed by atoms with Crippen LogP contribution in [0.5, 0.6) is 0 Å². The van der Waals surface area contributed by atoms with Crippen molar-refractivity contribution in [2.24, 2.45) is 10.8 Å². The number of hydrogen-bond acceptors (Lipinski definition) is 14. The van der Waals surface area contributed by atoms with Crippen LogP contribution in [-0.2, 0) is 38.1 Å². The number of amides is 4. The van der Waals surface area contributed by atoms with Crippen molar-refractivity contribution in [2.45, 2.75) is 129 Å². The van der Waals surface area contributed by atoms with Crippen LogP contribution in [0.25, 0.3) is 57.2 Å². The van der Waals surface area contributed by atoms with Crippen LogP contribution >= 0.6 is 0 Å². The highest BCUT2D eigenvalue weighted by atomic mass is 16.6. The van der Waals surface area contributed by atoms with Crippen LogP contribution in [0.2, 0.25) is 0 Å². The van der Waals surface area contributed by atoms with Crippen molar-refractivity contribution in [1.29, 1.82) is 0 Å². The van der Waals surface area contributed by atoms with E-state index >= 15 is 0 Å². The first-order valence-corrected chi connectivity index (χ1v) is 30.0. The molecule has 2 aromatic heterocycles. The summed E-state index contributed by atoms with van der Waals surface area (Å²) in [5.74, 6) is -1.86. The predicted molar refractivity (Wildman–Crippen MR) is 337 cm³/mol. The molecule has 2 saturated heterocycles. The van der Waals surface area contributed by atoms with Gasteiger partial charge in [-0.25, -0.2) is 19.2 Å². The molecule has 9 rings (SSSR count).